The molecule has 0 aliphatic carbocycles. The van der Waals surface area contributed by atoms with Crippen molar-refractivity contribution >= 4 is 27.3 Å². The highest BCUT2D eigenvalue weighted by Crippen LogP contribution is 2.23. The Morgan fingerprint density at radius 3 is 2.94 bits per heavy atom. The maximum atomic E-state index is 11.5. The van der Waals surface area contributed by atoms with Gasteiger partial charge in [-0.25, -0.2) is 13.4 Å². The summed E-state index contributed by atoms with van der Waals surface area (Å²) in [4.78, 5) is 6.24. The molecular formula is C11H16ClN3O2S. The van der Waals surface area contributed by atoms with E-state index >= 15 is 0 Å². The molecule has 0 amide bonds. The van der Waals surface area contributed by atoms with Gasteiger partial charge in [0.05, 0.1) is 16.5 Å². The summed E-state index contributed by atoms with van der Waals surface area (Å²) in [5.41, 5.74) is 6.42. The maximum absolute atomic E-state index is 11.5. The highest BCUT2D eigenvalue weighted by atomic mass is 35.5. The molecule has 1 aromatic heterocycles. The molecule has 1 unspecified atom stereocenters. The van der Waals surface area contributed by atoms with E-state index in [-0.39, 0.29) is 17.5 Å². The van der Waals surface area contributed by atoms with Crippen LogP contribution in [-0.4, -0.2) is 37.5 Å². The summed E-state index contributed by atoms with van der Waals surface area (Å²) >= 11 is 5.96. The van der Waals surface area contributed by atoms with Crippen LogP contribution >= 0.6 is 11.6 Å². The van der Waals surface area contributed by atoms with Gasteiger partial charge in [-0.2, -0.15) is 0 Å². The van der Waals surface area contributed by atoms with Crippen molar-refractivity contribution in [2.45, 2.75) is 19.5 Å². The van der Waals surface area contributed by atoms with Crippen LogP contribution in [0.25, 0.3) is 0 Å². The summed E-state index contributed by atoms with van der Waals surface area (Å²) < 4.78 is 23.1. The Bertz CT molecular complexity index is 547. The summed E-state index contributed by atoms with van der Waals surface area (Å²) in [6.07, 6.45) is 1.56. The lowest BCUT2D eigenvalue weighted by Gasteiger charge is -2.34. The fraction of sp³-hybridized carbons (Fsp3) is 0.545. The van der Waals surface area contributed by atoms with E-state index in [1.807, 2.05) is 17.9 Å². The topological polar surface area (TPSA) is 76.3 Å². The first-order valence-corrected chi connectivity index (χ1v) is 7.94. The highest BCUT2D eigenvalue weighted by Gasteiger charge is 2.29. The number of pyridine rings is 1. The van der Waals surface area contributed by atoms with E-state index < -0.39 is 9.84 Å². The Morgan fingerprint density at radius 1 is 1.61 bits per heavy atom. The first-order valence-electron chi connectivity index (χ1n) is 5.74. The number of rotatable bonds is 2. The van der Waals surface area contributed by atoms with Crippen molar-refractivity contribution in [1.82, 2.24) is 4.98 Å². The molecule has 100 valence electrons. The Labute approximate surface area is 112 Å². The lowest BCUT2D eigenvalue weighted by atomic mass is 10.2. The smallest absolute Gasteiger partial charge is 0.154 e. The Hall–Kier alpha value is -0.850. The lowest BCUT2D eigenvalue weighted by Crippen LogP contribution is -2.47. The van der Waals surface area contributed by atoms with Gasteiger partial charge in [-0.3, -0.25) is 0 Å². The quantitative estimate of drug-likeness (QED) is 0.872. The minimum atomic E-state index is -2.92. The maximum Gasteiger partial charge on any atom is 0.154 e. The van der Waals surface area contributed by atoms with Crippen LogP contribution in [0.2, 0.25) is 5.02 Å². The summed E-state index contributed by atoms with van der Waals surface area (Å²) in [5.74, 6) is 1.07. The van der Waals surface area contributed by atoms with E-state index in [1.165, 1.54) is 0 Å². The molecule has 1 atom stereocenters. The van der Waals surface area contributed by atoms with E-state index in [4.69, 9.17) is 17.3 Å². The number of nitrogens with zero attached hydrogens (tertiary/aromatic N) is 2. The molecule has 1 saturated heterocycles. The van der Waals surface area contributed by atoms with Gasteiger partial charge in [-0.05, 0) is 18.6 Å². The van der Waals surface area contributed by atoms with E-state index in [2.05, 4.69) is 4.98 Å². The van der Waals surface area contributed by atoms with Gasteiger partial charge < -0.3 is 10.6 Å². The second kappa shape index (κ2) is 5.03. The number of anilines is 1. The minimum absolute atomic E-state index is 0.0805. The van der Waals surface area contributed by atoms with E-state index in [0.717, 1.165) is 11.4 Å². The van der Waals surface area contributed by atoms with Crippen LogP contribution in [0.1, 0.15) is 12.5 Å². The molecule has 1 fully saturated rings. The average Bonchev–Trinajstić information content (AvgIpc) is 2.29. The van der Waals surface area contributed by atoms with Crippen LogP contribution in [-0.2, 0) is 16.4 Å². The van der Waals surface area contributed by atoms with Crippen LogP contribution in [0.4, 0.5) is 5.82 Å². The highest BCUT2D eigenvalue weighted by molar-refractivity contribution is 7.91. The van der Waals surface area contributed by atoms with Gasteiger partial charge in [0.15, 0.2) is 9.84 Å². The van der Waals surface area contributed by atoms with E-state index in [9.17, 15) is 8.42 Å². The molecular weight excluding hydrogens is 274 g/mol. The van der Waals surface area contributed by atoms with Gasteiger partial charge in [0.1, 0.15) is 5.82 Å². The number of hydrogen-bond donors (Lipinski definition) is 1. The SMILES string of the molecule is CC1CS(=O)(=O)CCN1c1cc(CN)c(Cl)cn1. The molecule has 0 spiro atoms. The zero-order valence-corrected chi connectivity index (χ0v) is 11.7. The fourth-order valence-corrected chi connectivity index (χ4v) is 3.86. The molecule has 0 bridgehead atoms. The van der Waals surface area contributed by atoms with Crippen LogP contribution in [0.5, 0.6) is 0 Å². The molecule has 1 aliphatic heterocycles. The standard InChI is InChI=1S/C11H16ClN3O2S/c1-8-7-18(16,17)3-2-15(8)11-4-9(5-13)10(12)6-14-11/h4,6,8H,2-3,5,7,13H2,1H3. The molecule has 0 saturated carbocycles. The van der Waals surface area contributed by atoms with Crippen molar-refractivity contribution in [2.75, 3.05) is 23.0 Å². The average molecular weight is 290 g/mol. The molecule has 7 heteroatoms. The third-order valence-corrected chi connectivity index (χ3v) is 5.24. The number of sulfone groups is 1. The van der Waals surface area contributed by atoms with Crippen molar-refractivity contribution in [3.63, 3.8) is 0 Å². The first kappa shape index (κ1) is 13.6. The number of hydrogen-bond acceptors (Lipinski definition) is 5. The Morgan fingerprint density at radius 2 is 2.33 bits per heavy atom. The molecule has 1 aromatic rings. The summed E-state index contributed by atoms with van der Waals surface area (Å²) in [6.45, 7) is 2.69. The summed E-state index contributed by atoms with van der Waals surface area (Å²) in [5, 5.41) is 0.540. The van der Waals surface area contributed by atoms with Crippen LogP contribution in [0.15, 0.2) is 12.3 Å². The molecule has 0 aromatic carbocycles. The van der Waals surface area contributed by atoms with Crippen molar-refractivity contribution in [3.05, 3.63) is 22.8 Å². The molecule has 2 rings (SSSR count). The van der Waals surface area contributed by atoms with Crippen LogP contribution < -0.4 is 10.6 Å². The number of nitrogens with two attached hydrogens (primary N) is 1. The van der Waals surface area contributed by atoms with Gasteiger partial charge in [-0.1, -0.05) is 11.6 Å². The minimum Gasteiger partial charge on any atom is -0.352 e. The largest absolute Gasteiger partial charge is 0.352 e. The molecule has 2 N–H and O–H groups in total. The van der Waals surface area contributed by atoms with Crippen molar-refractivity contribution in [2.24, 2.45) is 5.73 Å². The van der Waals surface area contributed by atoms with Gasteiger partial charge in [-0.15, -0.1) is 0 Å². The van der Waals surface area contributed by atoms with Crippen molar-refractivity contribution in [3.8, 4) is 0 Å². The van der Waals surface area contributed by atoms with Gasteiger partial charge >= 0.3 is 0 Å². The zero-order valence-electron chi connectivity index (χ0n) is 10.1. The normalized spacial score (nSPS) is 23.1. The molecule has 2 heterocycles. The Kier molecular flexibility index (Phi) is 3.79. The first-order chi connectivity index (χ1) is 8.43. The third kappa shape index (κ3) is 2.76. The van der Waals surface area contributed by atoms with Gasteiger partial charge in [0.25, 0.3) is 0 Å². The molecule has 5 nitrogen and oxygen atoms in total. The number of aromatic nitrogens is 1. The summed E-state index contributed by atoms with van der Waals surface area (Å²) in [6, 6.07) is 1.75. The Balaban J connectivity index is 2.27. The zero-order chi connectivity index (χ0) is 13.3. The van der Waals surface area contributed by atoms with Crippen LogP contribution in [0, 0.1) is 0 Å². The third-order valence-electron chi connectivity index (χ3n) is 3.10. The fourth-order valence-electron chi connectivity index (χ4n) is 2.12. The van der Waals surface area contributed by atoms with E-state index in [1.54, 1.807) is 6.20 Å². The molecule has 1 aliphatic rings. The molecule has 0 radical (unpaired) electrons. The van der Waals surface area contributed by atoms with Gasteiger partial charge in [0, 0.05) is 25.3 Å². The summed E-state index contributed by atoms with van der Waals surface area (Å²) in [7, 11) is -2.92. The van der Waals surface area contributed by atoms with Crippen molar-refractivity contribution < 1.29 is 8.42 Å². The van der Waals surface area contributed by atoms with Crippen molar-refractivity contribution in [1.29, 1.82) is 0 Å². The second-order valence-electron chi connectivity index (χ2n) is 4.49. The predicted molar refractivity (Wildman–Crippen MR) is 72.6 cm³/mol. The predicted octanol–water partition coefficient (Wildman–Crippen LogP) is 0.817. The van der Waals surface area contributed by atoms with Gasteiger partial charge in [0.2, 0.25) is 0 Å². The second-order valence-corrected chi connectivity index (χ2v) is 7.13. The number of halogens is 1. The monoisotopic (exact) mass is 289 g/mol. The molecule has 18 heavy (non-hydrogen) atoms. The van der Waals surface area contributed by atoms with E-state index in [0.29, 0.717) is 18.1 Å². The lowest BCUT2D eigenvalue weighted by molar-refractivity contribution is 0.567. The van der Waals surface area contributed by atoms with Crippen LogP contribution in [0.3, 0.4) is 0 Å².